The van der Waals surface area contributed by atoms with E-state index in [1.54, 1.807) is 6.26 Å². The van der Waals surface area contributed by atoms with Crippen LogP contribution in [0.3, 0.4) is 0 Å². The van der Waals surface area contributed by atoms with Crippen LogP contribution in [0.5, 0.6) is 0 Å². The van der Waals surface area contributed by atoms with E-state index in [1.807, 2.05) is 0 Å². The zero-order chi connectivity index (χ0) is 12.8. The van der Waals surface area contributed by atoms with Gasteiger partial charge in [-0.2, -0.15) is 0 Å². The highest BCUT2D eigenvalue weighted by atomic mass is 16.5. The highest BCUT2D eigenvalue weighted by molar-refractivity contribution is 4.76. The van der Waals surface area contributed by atoms with Gasteiger partial charge < -0.3 is 14.6 Å². The molecule has 2 saturated carbocycles. The Bertz CT molecular complexity index is 246. The summed E-state index contributed by atoms with van der Waals surface area (Å²) in [4.78, 5) is 0. The Morgan fingerprint density at radius 3 is 2.44 bits per heavy atom. The number of aliphatic hydroxyl groups excluding tert-OH is 1. The lowest BCUT2D eigenvalue weighted by Crippen LogP contribution is -2.29. The second-order valence-corrected chi connectivity index (χ2v) is 5.72. The molecule has 2 rings (SSSR count). The average molecular weight is 254 g/mol. The molecule has 0 bridgehead atoms. The van der Waals surface area contributed by atoms with Gasteiger partial charge in [-0.15, -0.1) is 0 Å². The number of ether oxygens (including phenoxy) is 2. The van der Waals surface area contributed by atoms with Crippen LogP contribution in [0.2, 0.25) is 0 Å². The monoisotopic (exact) mass is 254 g/mol. The average Bonchev–Trinajstić information content (AvgIpc) is 2.38. The van der Waals surface area contributed by atoms with Crippen LogP contribution in [0, 0.1) is 5.92 Å². The van der Waals surface area contributed by atoms with Gasteiger partial charge in [0.25, 0.3) is 0 Å². The van der Waals surface area contributed by atoms with Gasteiger partial charge in [-0.25, -0.2) is 0 Å². The Morgan fingerprint density at radius 2 is 1.78 bits per heavy atom. The van der Waals surface area contributed by atoms with Crippen molar-refractivity contribution in [2.45, 2.75) is 69.7 Å². The van der Waals surface area contributed by atoms with Gasteiger partial charge in [0.1, 0.15) is 0 Å². The fraction of sp³-hybridized carbons (Fsp3) is 0.867. The molecule has 0 aromatic rings. The minimum Gasteiger partial charge on any atom is -0.499 e. The lowest BCUT2D eigenvalue weighted by atomic mass is 9.87. The van der Waals surface area contributed by atoms with Crippen LogP contribution in [0.15, 0.2) is 12.8 Å². The first-order valence-electron chi connectivity index (χ1n) is 7.34. The van der Waals surface area contributed by atoms with Gasteiger partial charge in [-0.1, -0.05) is 13.0 Å². The zero-order valence-corrected chi connectivity index (χ0v) is 11.2. The van der Waals surface area contributed by atoms with E-state index in [0.717, 1.165) is 51.6 Å². The maximum absolute atomic E-state index is 9.63. The predicted octanol–water partition coefficient (Wildman–Crippen LogP) is 3.03. The summed E-state index contributed by atoms with van der Waals surface area (Å²) in [6, 6.07) is 0. The van der Waals surface area contributed by atoms with Crippen LogP contribution in [0.4, 0.5) is 0 Å². The standard InChI is InChI=1S/C15H26O3/c1-2-17-14-6-8-15(9-7-14)18-11-12-4-3-5-13(16)10-12/h2,12-16H,1,3-11H2/t12?,13-,14?,15?/m1/s1. The minimum atomic E-state index is -0.0934. The Kier molecular flexibility index (Phi) is 5.51. The van der Waals surface area contributed by atoms with E-state index >= 15 is 0 Å². The van der Waals surface area contributed by atoms with E-state index < -0.39 is 0 Å². The molecular formula is C15H26O3. The van der Waals surface area contributed by atoms with Crippen LogP contribution in [0.25, 0.3) is 0 Å². The van der Waals surface area contributed by atoms with Crippen LogP contribution in [-0.4, -0.2) is 30.0 Å². The molecule has 1 N–H and O–H groups in total. The second kappa shape index (κ2) is 7.15. The van der Waals surface area contributed by atoms with Gasteiger partial charge in [0.15, 0.2) is 0 Å². The minimum absolute atomic E-state index is 0.0934. The number of hydrogen-bond acceptors (Lipinski definition) is 3. The van der Waals surface area contributed by atoms with E-state index in [2.05, 4.69) is 6.58 Å². The lowest BCUT2D eigenvalue weighted by molar-refractivity contribution is -0.0335. The molecule has 0 aromatic heterocycles. The fourth-order valence-electron chi connectivity index (χ4n) is 3.16. The Hall–Kier alpha value is -0.540. The number of hydrogen-bond donors (Lipinski definition) is 1. The van der Waals surface area contributed by atoms with Crippen LogP contribution in [-0.2, 0) is 9.47 Å². The summed E-state index contributed by atoms with van der Waals surface area (Å²) < 4.78 is 11.4. The van der Waals surface area contributed by atoms with Gasteiger partial charge in [-0.05, 0) is 50.9 Å². The normalized spacial score (nSPS) is 37.2. The molecule has 104 valence electrons. The third-order valence-electron chi connectivity index (χ3n) is 4.23. The molecule has 0 aliphatic heterocycles. The third kappa shape index (κ3) is 4.29. The molecular weight excluding hydrogens is 228 g/mol. The molecule has 0 amide bonds. The highest BCUT2D eigenvalue weighted by Crippen LogP contribution is 2.27. The SMILES string of the molecule is C=COC1CCC(OCC2CCC[C@@H](O)C2)CC1. The smallest absolute Gasteiger partial charge is 0.0980 e. The van der Waals surface area contributed by atoms with Crippen LogP contribution in [0.1, 0.15) is 51.4 Å². The largest absolute Gasteiger partial charge is 0.499 e. The molecule has 1 unspecified atom stereocenters. The van der Waals surface area contributed by atoms with Gasteiger partial charge in [0.2, 0.25) is 0 Å². The van der Waals surface area contributed by atoms with Crippen molar-refractivity contribution in [3.05, 3.63) is 12.8 Å². The zero-order valence-electron chi connectivity index (χ0n) is 11.2. The molecule has 0 spiro atoms. The quantitative estimate of drug-likeness (QED) is 0.766. The summed E-state index contributed by atoms with van der Waals surface area (Å²) in [6.45, 7) is 4.43. The molecule has 3 nitrogen and oxygen atoms in total. The van der Waals surface area contributed by atoms with E-state index in [1.165, 1.54) is 6.42 Å². The van der Waals surface area contributed by atoms with Crippen LogP contribution < -0.4 is 0 Å². The summed E-state index contributed by atoms with van der Waals surface area (Å²) in [5.41, 5.74) is 0. The molecule has 3 heteroatoms. The van der Waals surface area contributed by atoms with E-state index in [4.69, 9.17) is 9.47 Å². The molecule has 0 heterocycles. The molecule has 0 saturated heterocycles. The Labute approximate surface area is 110 Å². The van der Waals surface area contributed by atoms with E-state index in [9.17, 15) is 5.11 Å². The van der Waals surface area contributed by atoms with Crippen molar-refractivity contribution in [1.82, 2.24) is 0 Å². The van der Waals surface area contributed by atoms with Crippen molar-refractivity contribution in [2.75, 3.05) is 6.61 Å². The predicted molar refractivity (Wildman–Crippen MR) is 71.2 cm³/mol. The Balaban J connectivity index is 1.61. The highest BCUT2D eigenvalue weighted by Gasteiger charge is 2.25. The summed E-state index contributed by atoms with van der Waals surface area (Å²) >= 11 is 0. The van der Waals surface area contributed by atoms with Gasteiger partial charge in [0.05, 0.1) is 24.6 Å². The molecule has 0 aromatic carbocycles. The molecule has 2 aliphatic carbocycles. The molecule has 2 atom stereocenters. The molecule has 0 radical (unpaired) electrons. The third-order valence-corrected chi connectivity index (χ3v) is 4.23. The van der Waals surface area contributed by atoms with Crippen molar-refractivity contribution in [3.8, 4) is 0 Å². The summed E-state index contributed by atoms with van der Waals surface area (Å²) in [5, 5.41) is 9.63. The number of rotatable bonds is 5. The molecule has 18 heavy (non-hydrogen) atoms. The van der Waals surface area contributed by atoms with Crippen molar-refractivity contribution >= 4 is 0 Å². The van der Waals surface area contributed by atoms with Gasteiger partial charge >= 0.3 is 0 Å². The van der Waals surface area contributed by atoms with Crippen molar-refractivity contribution in [3.63, 3.8) is 0 Å². The maximum Gasteiger partial charge on any atom is 0.0980 e. The number of aliphatic hydroxyl groups is 1. The van der Waals surface area contributed by atoms with Crippen molar-refractivity contribution in [1.29, 1.82) is 0 Å². The summed E-state index contributed by atoms with van der Waals surface area (Å²) in [6.07, 6.45) is 10.8. The van der Waals surface area contributed by atoms with Gasteiger partial charge in [-0.3, -0.25) is 0 Å². The second-order valence-electron chi connectivity index (χ2n) is 5.72. The van der Waals surface area contributed by atoms with Crippen molar-refractivity contribution < 1.29 is 14.6 Å². The molecule has 2 fully saturated rings. The first kappa shape index (κ1) is 13.9. The first-order valence-corrected chi connectivity index (χ1v) is 7.34. The van der Waals surface area contributed by atoms with Gasteiger partial charge in [0, 0.05) is 6.61 Å². The topological polar surface area (TPSA) is 38.7 Å². The van der Waals surface area contributed by atoms with Crippen LogP contribution >= 0.6 is 0 Å². The fourth-order valence-corrected chi connectivity index (χ4v) is 3.16. The maximum atomic E-state index is 9.63. The lowest BCUT2D eigenvalue weighted by Gasteiger charge is -2.31. The first-order chi connectivity index (χ1) is 8.78. The van der Waals surface area contributed by atoms with E-state index in [0.29, 0.717) is 18.1 Å². The molecule has 2 aliphatic rings. The van der Waals surface area contributed by atoms with E-state index in [-0.39, 0.29) is 6.10 Å². The summed E-state index contributed by atoms with van der Waals surface area (Å²) in [5.74, 6) is 0.566. The summed E-state index contributed by atoms with van der Waals surface area (Å²) in [7, 11) is 0. The van der Waals surface area contributed by atoms with Crippen molar-refractivity contribution in [2.24, 2.45) is 5.92 Å². The Morgan fingerprint density at radius 1 is 1.06 bits per heavy atom.